The average Bonchev–Trinajstić information content (AvgIpc) is 2.96. The Morgan fingerprint density at radius 3 is 2.54 bits per heavy atom. The summed E-state index contributed by atoms with van der Waals surface area (Å²) in [4.78, 5) is 23.5. The minimum atomic E-state index is -0.433. The molecule has 24 heavy (non-hydrogen) atoms. The van der Waals surface area contributed by atoms with Gasteiger partial charge >= 0.3 is 0 Å². The Morgan fingerprint density at radius 1 is 1.04 bits per heavy atom. The van der Waals surface area contributed by atoms with Crippen molar-refractivity contribution < 1.29 is 4.92 Å². The summed E-state index contributed by atoms with van der Waals surface area (Å²) in [7, 11) is 0. The highest BCUT2D eigenvalue weighted by atomic mass is 35.5. The lowest BCUT2D eigenvalue weighted by Gasteiger charge is -2.05. The summed E-state index contributed by atoms with van der Waals surface area (Å²) < 4.78 is 0.705. The van der Waals surface area contributed by atoms with Crippen molar-refractivity contribution >= 4 is 60.8 Å². The average molecular weight is 358 g/mol. The molecule has 0 spiro atoms. The fourth-order valence-electron chi connectivity index (χ4n) is 2.24. The summed E-state index contributed by atoms with van der Waals surface area (Å²) in [6, 6.07) is 11.9. The van der Waals surface area contributed by atoms with Gasteiger partial charge in [-0.05, 0) is 18.2 Å². The van der Waals surface area contributed by atoms with E-state index in [1.807, 2.05) is 24.3 Å². The molecule has 4 rings (SSSR count). The van der Waals surface area contributed by atoms with Crippen molar-refractivity contribution in [1.29, 1.82) is 0 Å². The number of halogens is 1. The Morgan fingerprint density at radius 2 is 1.79 bits per heavy atom. The highest BCUT2D eigenvalue weighted by molar-refractivity contribution is 7.22. The molecule has 0 saturated carbocycles. The number of rotatable bonds is 3. The highest BCUT2D eigenvalue weighted by Gasteiger charge is 2.13. The molecule has 2 heterocycles. The lowest BCUT2D eigenvalue weighted by molar-refractivity contribution is -0.384. The molecule has 4 aromatic rings. The van der Waals surface area contributed by atoms with E-state index >= 15 is 0 Å². The third-order valence-corrected chi connectivity index (χ3v) is 4.53. The first kappa shape index (κ1) is 14.7. The molecule has 118 valence electrons. The number of hydrogen-bond acceptors (Lipinski definition) is 7. The molecule has 7 nitrogen and oxygen atoms in total. The van der Waals surface area contributed by atoms with Gasteiger partial charge in [0.2, 0.25) is 0 Å². The third-order valence-electron chi connectivity index (χ3n) is 3.34. The van der Waals surface area contributed by atoms with Gasteiger partial charge < -0.3 is 5.32 Å². The van der Waals surface area contributed by atoms with Crippen LogP contribution in [-0.2, 0) is 0 Å². The fraction of sp³-hybridized carbons (Fsp3) is 0. The quantitative estimate of drug-likeness (QED) is 0.427. The summed E-state index contributed by atoms with van der Waals surface area (Å²) in [5.41, 5.74) is 2.10. The molecule has 0 aliphatic carbocycles. The van der Waals surface area contributed by atoms with Crippen molar-refractivity contribution in [2.75, 3.05) is 5.32 Å². The number of anilines is 2. The van der Waals surface area contributed by atoms with Crippen LogP contribution in [0.25, 0.3) is 21.3 Å². The standard InChI is InChI=1S/C15H8ClN5O2S/c16-13-14(18-10-4-2-1-3-9(10)17-13)20-15-19-11-6-5-8(21(22)23)7-12(11)24-15/h1-7H,(H,18,19,20). The van der Waals surface area contributed by atoms with Crippen LogP contribution in [-0.4, -0.2) is 19.9 Å². The van der Waals surface area contributed by atoms with E-state index in [0.717, 1.165) is 0 Å². The van der Waals surface area contributed by atoms with Crippen molar-refractivity contribution in [2.24, 2.45) is 0 Å². The van der Waals surface area contributed by atoms with Gasteiger partial charge in [-0.3, -0.25) is 10.1 Å². The van der Waals surface area contributed by atoms with E-state index in [9.17, 15) is 10.1 Å². The zero-order valence-corrected chi connectivity index (χ0v) is 13.5. The molecule has 0 aliphatic rings. The summed E-state index contributed by atoms with van der Waals surface area (Å²) >= 11 is 7.45. The van der Waals surface area contributed by atoms with Crippen LogP contribution in [0.4, 0.5) is 16.6 Å². The number of nitrogens with one attached hydrogen (secondary N) is 1. The zero-order chi connectivity index (χ0) is 16.7. The van der Waals surface area contributed by atoms with E-state index in [1.54, 1.807) is 6.07 Å². The topological polar surface area (TPSA) is 93.8 Å². The lowest BCUT2D eigenvalue weighted by atomic mass is 10.3. The predicted molar refractivity (Wildman–Crippen MR) is 94.1 cm³/mol. The molecule has 0 unspecified atom stereocenters. The summed E-state index contributed by atoms with van der Waals surface area (Å²) in [5, 5.41) is 14.7. The summed E-state index contributed by atoms with van der Waals surface area (Å²) in [6.07, 6.45) is 0. The van der Waals surface area contributed by atoms with Crippen molar-refractivity contribution in [3.05, 3.63) is 57.7 Å². The van der Waals surface area contributed by atoms with Crippen LogP contribution in [0, 0.1) is 10.1 Å². The SMILES string of the molecule is O=[N+]([O-])c1ccc2nc(Nc3nc4ccccc4nc3Cl)sc2c1. The minimum Gasteiger partial charge on any atom is -0.314 e. The van der Waals surface area contributed by atoms with Crippen LogP contribution < -0.4 is 5.32 Å². The molecule has 1 N–H and O–H groups in total. The number of nitro benzene ring substituents is 1. The van der Waals surface area contributed by atoms with Crippen LogP contribution >= 0.6 is 22.9 Å². The minimum absolute atomic E-state index is 0.0289. The molecular weight excluding hydrogens is 350 g/mol. The Labute approximate surface area is 144 Å². The van der Waals surface area contributed by atoms with Gasteiger partial charge in [0.25, 0.3) is 5.69 Å². The van der Waals surface area contributed by atoms with E-state index in [2.05, 4.69) is 20.3 Å². The maximum Gasteiger partial charge on any atom is 0.270 e. The first-order valence-electron chi connectivity index (χ1n) is 6.84. The van der Waals surface area contributed by atoms with Crippen LogP contribution in [0.15, 0.2) is 42.5 Å². The number of fused-ring (bicyclic) bond motifs is 2. The van der Waals surface area contributed by atoms with Crippen LogP contribution in [0.1, 0.15) is 0 Å². The first-order chi connectivity index (χ1) is 11.6. The fourth-order valence-corrected chi connectivity index (χ4v) is 3.32. The van der Waals surface area contributed by atoms with Gasteiger partial charge in [0, 0.05) is 12.1 Å². The van der Waals surface area contributed by atoms with Gasteiger partial charge in [-0.15, -0.1) is 0 Å². The maximum absolute atomic E-state index is 10.9. The van der Waals surface area contributed by atoms with Crippen LogP contribution in [0.3, 0.4) is 0 Å². The molecule has 0 fully saturated rings. The largest absolute Gasteiger partial charge is 0.314 e. The number of aromatic nitrogens is 3. The Hall–Kier alpha value is -2.84. The molecule has 0 bridgehead atoms. The molecule has 0 radical (unpaired) electrons. The first-order valence-corrected chi connectivity index (χ1v) is 8.04. The van der Waals surface area contributed by atoms with Crippen molar-refractivity contribution in [1.82, 2.24) is 15.0 Å². The molecule has 0 amide bonds. The normalized spacial score (nSPS) is 11.0. The predicted octanol–water partition coefficient (Wildman–Crippen LogP) is 4.54. The maximum atomic E-state index is 10.9. The van der Waals surface area contributed by atoms with Gasteiger partial charge in [0.1, 0.15) is 0 Å². The summed E-state index contributed by atoms with van der Waals surface area (Å²) in [6.45, 7) is 0. The molecule has 0 atom stereocenters. The number of nitrogens with zero attached hydrogens (tertiary/aromatic N) is 4. The van der Waals surface area contributed by atoms with Gasteiger partial charge in [-0.2, -0.15) is 0 Å². The Balaban J connectivity index is 1.73. The second-order valence-corrected chi connectivity index (χ2v) is 6.29. The molecule has 9 heteroatoms. The van der Waals surface area contributed by atoms with Crippen molar-refractivity contribution in [3.63, 3.8) is 0 Å². The van der Waals surface area contributed by atoms with Gasteiger partial charge in [0.05, 0.1) is 26.2 Å². The van der Waals surface area contributed by atoms with E-state index < -0.39 is 4.92 Å². The number of hydrogen-bond donors (Lipinski definition) is 1. The van der Waals surface area contributed by atoms with Gasteiger partial charge in [-0.25, -0.2) is 15.0 Å². The number of nitro groups is 1. The molecular formula is C15H8ClN5O2S. The van der Waals surface area contributed by atoms with E-state index in [0.29, 0.717) is 32.2 Å². The Kier molecular flexibility index (Phi) is 3.47. The number of para-hydroxylation sites is 2. The van der Waals surface area contributed by atoms with Gasteiger partial charge in [0.15, 0.2) is 16.1 Å². The molecule has 2 aromatic heterocycles. The van der Waals surface area contributed by atoms with Crippen LogP contribution in [0.2, 0.25) is 5.15 Å². The molecule has 0 aliphatic heterocycles. The molecule has 2 aromatic carbocycles. The van der Waals surface area contributed by atoms with E-state index in [-0.39, 0.29) is 10.8 Å². The summed E-state index contributed by atoms with van der Waals surface area (Å²) in [5.74, 6) is 0.393. The monoisotopic (exact) mass is 357 g/mol. The second-order valence-electron chi connectivity index (χ2n) is 4.90. The van der Waals surface area contributed by atoms with Gasteiger partial charge in [-0.1, -0.05) is 35.1 Å². The Bertz CT molecular complexity index is 1100. The third kappa shape index (κ3) is 2.61. The van der Waals surface area contributed by atoms with Crippen LogP contribution in [0.5, 0.6) is 0 Å². The van der Waals surface area contributed by atoms with Crippen molar-refractivity contribution in [2.45, 2.75) is 0 Å². The second kappa shape index (κ2) is 5.66. The number of non-ortho nitro benzene ring substituents is 1. The van der Waals surface area contributed by atoms with E-state index in [4.69, 9.17) is 11.6 Å². The lowest BCUT2D eigenvalue weighted by Crippen LogP contribution is -1.96. The number of thiazole rings is 1. The smallest absolute Gasteiger partial charge is 0.270 e. The van der Waals surface area contributed by atoms with Crippen molar-refractivity contribution in [3.8, 4) is 0 Å². The molecule has 0 saturated heterocycles. The van der Waals surface area contributed by atoms with E-state index in [1.165, 1.54) is 23.5 Å². The highest BCUT2D eigenvalue weighted by Crippen LogP contribution is 2.32. The zero-order valence-electron chi connectivity index (χ0n) is 11.9. The number of benzene rings is 2.